The predicted octanol–water partition coefficient (Wildman–Crippen LogP) is 4.53. The number of carbonyl (C=O) groups is 1. The standard InChI is InChI=1S/C21H20N2O3S2/c24-21(23-13-5-11-19(23)20-12-6-14-27-20)16-7-4-8-17(15-16)22-28(25,26)18-9-2-1-3-10-18/h1-4,6-10,12,14-15,19,22H,5,11,13H2/t19-/m1/s1. The molecule has 7 heteroatoms. The van der Waals surface area contributed by atoms with Crippen LogP contribution < -0.4 is 4.72 Å². The quantitative estimate of drug-likeness (QED) is 0.670. The fraction of sp³-hybridized carbons (Fsp3) is 0.190. The van der Waals surface area contributed by atoms with E-state index < -0.39 is 10.0 Å². The van der Waals surface area contributed by atoms with Crippen LogP contribution in [0.2, 0.25) is 0 Å². The summed E-state index contributed by atoms with van der Waals surface area (Å²) in [6, 6.07) is 19.0. The highest BCUT2D eigenvalue weighted by molar-refractivity contribution is 7.92. The highest BCUT2D eigenvalue weighted by Gasteiger charge is 2.31. The van der Waals surface area contributed by atoms with Crippen molar-refractivity contribution in [2.75, 3.05) is 11.3 Å². The van der Waals surface area contributed by atoms with Gasteiger partial charge in [0.05, 0.1) is 10.9 Å². The highest BCUT2D eigenvalue weighted by Crippen LogP contribution is 2.35. The van der Waals surface area contributed by atoms with Crippen molar-refractivity contribution >= 4 is 33.0 Å². The van der Waals surface area contributed by atoms with Gasteiger partial charge in [0.2, 0.25) is 0 Å². The third kappa shape index (κ3) is 3.81. The first-order valence-corrected chi connectivity index (χ1v) is 11.4. The van der Waals surface area contributed by atoms with Crippen molar-refractivity contribution < 1.29 is 13.2 Å². The molecule has 2 heterocycles. The number of likely N-dealkylation sites (tertiary alicyclic amines) is 1. The lowest BCUT2D eigenvalue weighted by Gasteiger charge is -2.24. The Balaban J connectivity index is 1.56. The number of nitrogens with one attached hydrogen (secondary N) is 1. The van der Waals surface area contributed by atoms with Crippen LogP contribution in [0, 0.1) is 0 Å². The molecule has 1 aliphatic heterocycles. The van der Waals surface area contributed by atoms with E-state index in [1.165, 1.54) is 17.0 Å². The zero-order chi connectivity index (χ0) is 19.6. The number of rotatable bonds is 5. The van der Waals surface area contributed by atoms with E-state index in [1.54, 1.807) is 53.8 Å². The van der Waals surface area contributed by atoms with E-state index in [0.29, 0.717) is 17.8 Å². The van der Waals surface area contributed by atoms with Crippen LogP contribution in [0.25, 0.3) is 0 Å². The molecule has 0 spiro atoms. The summed E-state index contributed by atoms with van der Waals surface area (Å²) in [7, 11) is -3.69. The van der Waals surface area contributed by atoms with E-state index >= 15 is 0 Å². The van der Waals surface area contributed by atoms with Gasteiger partial charge in [-0.05, 0) is 54.6 Å². The van der Waals surface area contributed by atoms with Crippen LogP contribution in [0.15, 0.2) is 77.0 Å². The number of thiophene rings is 1. The van der Waals surface area contributed by atoms with Gasteiger partial charge in [0.25, 0.3) is 15.9 Å². The lowest BCUT2D eigenvalue weighted by Crippen LogP contribution is -2.30. The maximum Gasteiger partial charge on any atom is 0.261 e. The summed E-state index contributed by atoms with van der Waals surface area (Å²) in [6.45, 7) is 0.710. The van der Waals surface area contributed by atoms with Gasteiger partial charge in [-0.2, -0.15) is 0 Å². The van der Waals surface area contributed by atoms with E-state index in [9.17, 15) is 13.2 Å². The van der Waals surface area contributed by atoms with Crippen molar-refractivity contribution in [1.29, 1.82) is 0 Å². The largest absolute Gasteiger partial charge is 0.331 e. The van der Waals surface area contributed by atoms with Gasteiger partial charge in [0.1, 0.15) is 0 Å². The zero-order valence-corrected chi connectivity index (χ0v) is 16.7. The molecule has 4 rings (SSSR count). The number of amides is 1. The van der Waals surface area contributed by atoms with Crippen LogP contribution in [-0.4, -0.2) is 25.8 Å². The lowest BCUT2D eigenvalue weighted by molar-refractivity contribution is 0.0738. The number of sulfonamides is 1. The summed E-state index contributed by atoms with van der Waals surface area (Å²) >= 11 is 1.66. The molecule has 1 aromatic heterocycles. The normalized spacial score (nSPS) is 16.9. The molecule has 144 valence electrons. The smallest absolute Gasteiger partial charge is 0.261 e. The van der Waals surface area contributed by atoms with Crippen molar-refractivity contribution in [1.82, 2.24) is 4.90 Å². The van der Waals surface area contributed by atoms with Crippen LogP contribution in [0.4, 0.5) is 5.69 Å². The Labute approximate surface area is 168 Å². The Morgan fingerprint density at radius 3 is 2.61 bits per heavy atom. The fourth-order valence-electron chi connectivity index (χ4n) is 3.48. The maximum absolute atomic E-state index is 13.1. The molecule has 1 fully saturated rings. The molecule has 1 aliphatic rings. The highest BCUT2D eigenvalue weighted by atomic mass is 32.2. The summed E-state index contributed by atoms with van der Waals surface area (Å²) in [4.78, 5) is 16.4. The van der Waals surface area contributed by atoms with E-state index in [4.69, 9.17) is 0 Å². The monoisotopic (exact) mass is 412 g/mol. The summed E-state index contributed by atoms with van der Waals surface area (Å²) in [5.41, 5.74) is 0.860. The van der Waals surface area contributed by atoms with Crippen LogP contribution in [0.3, 0.4) is 0 Å². The minimum atomic E-state index is -3.69. The molecule has 1 amide bonds. The Morgan fingerprint density at radius 1 is 1.04 bits per heavy atom. The van der Waals surface area contributed by atoms with Crippen molar-refractivity contribution in [3.8, 4) is 0 Å². The second-order valence-electron chi connectivity index (χ2n) is 6.67. The second kappa shape index (κ2) is 7.77. The third-order valence-corrected chi connectivity index (χ3v) is 7.17. The Kier molecular flexibility index (Phi) is 5.19. The minimum absolute atomic E-state index is 0.0725. The second-order valence-corrected chi connectivity index (χ2v) is 9.33. The van der Waals surface area contributed by atoms with E-state index in [-0.39, 0.29) is 16.8 Å². The van der Waals surface area contributed by atoms with Crippen LogP contribution in [0.5, 0.6) is 0 Å². The molecule has 0 bridgehead atoms. The van der Waals surface area contributed by atoms with Crippen molar-refractivity contribution in [3.05, 3.63) is 82.6 Å². The third-order valence-electron chi connectivity index (χ3n) is 4.80. The Morgan fingerprint density at radius 2 is 1.86 bits per heavy atom. The zero-order valence-electron chi connectivity index (χ0n) is 15.1. The van der Waals surface area contributed by atoms with E-state index in [2.05, 4.69) is 10.8 Å². The van der Waals surface area contributed by atoms with Gasteiger partial charge in [0, 0.05) is 22.7 Å². The van der Waals surface area contributed by atoms with Crippen molar-refractivity contribution in [2.24, 2.45) is 0 Å². The SMILES string of the molecule is O=C(c1cccc(NS(=O)(=O)c2ccccc2)c1)N1CCC[C@@H]1c1cccs1. The number of anilines is 1. The Hall–Kier alpha value is -2.64. The lowest BCUT2D eigenvalue weighted by atomic mass is 10.1. The summed E-state index contributed by atoms with van der Waals surface area (Å²) < 4.78 is 27.6. The van der Waals surface area contributed by atoms with Crippen molar-refractivity contribution in [2.45, 2.75) is 23.8 Å². The van der Waals surface area contributed by atoms with Crippen molar-refractivity contribution in [3.63, 3.8) is 0 Å². The number of nitrogens with zero attached hydrogens (tertiary/aromatic N) is 1. The van der Waals surface area contributed by atoms with Crippen LogP contribution in [-0.2, 0) is 10.0 Å². The van der Waals surface area contributed by atoms with Gasteiger partial charge in [0.15, 0.2) is 0 Å². The summed E-state index contributed by atoms with van der Waals surface area (Å²) in [5.74, 6) is -0.0725. The molecule has 1 saturated heterocycles. The summed E-state index contributed by atoms with van der Waals surface area (Å²) in [5, 5.41) is 2.02. The molecule has 0 saturated carbocycles. The van der Waals surface area contributed by atoms with E-state index in [1.807, 2.05) is 16.3 Å². The molecule has 5 nitrogen and oxygen atoms in total. The topological polar surface area (TPSA) is 66.5 Å². The molecule has 28 heavy (non-hydrogen) atoms. The fourth-order valence-corrected chi connectivity index (χ4v) is 5.43. The number of carbonyl (C=O) groups excluding carboxylic acids is 1. The van der Waals surface area contributed by atoms with Gasteiger partial charge in [-0.25, -0.2) is 8.42 Å². The van der Waals surface area contributed by atoms with Crippen LogP contribution >= 0.6 is 11.3 Å². The van der Waals surface area contributed by atoms with Gasteiger partial charge in [-0.15, -0.1) is 11.3 Å². The predicted molar refractivity (Wildman–Crippen MR) is 111 cm³/mol. The molecule has 0 unspecified atom stereocenters. The molecule has 0 aliphatic carbocycles. The average Bonchev–Trinajstić information content (AvgIpc) is 3.39. The molecule has 3 aromatic rings. The molecular formula is C21H20N2O3S2. The maximum atomic E-state index is 13.1. The van der Waals surface area contributed by atoms with Gasteiger partial charge in [-0.3, -0.25) is 9.52 Å². The average molecular weight is 413 g/mol. The number of hydrogen-bond acceptors (Lipinski definition) is 4. The van der Waals surface area contributed by atoms with E-state index in [0.717, 1.165) is 12.8 Å². The first-order valence-electron chi connectivity index (χ1n) is 9.07. The first kappa shape index (κ1) is 18.7. The first-order chi connectivity index (χ1) is 13.5. The summed E-state index contributed by atoms with van der Waals surface area (Å²) in [6.07, 6.45) is 1.92. The van der Waals surface area contributed by atoms with Gasteiger partial charge >= 0.3 is 0 Å². The molecular weight excluding hydrogens is 392 g/mol. The van der Waals surface area contributed by atoms with Gasteiger partial charge < -0.3 is 4.90 Å². The van der Waals surface area contributed by atoms with Crippen LogP contribution in [0.1, 0.15) is 34.1 Å². The van der Waals surface area contributed by atoms with Gasteiger partial charge in [-0.1, -0.05) is 30.3 Å². The molecule has 0 radical (unpaired) electrons. The molecule has 1 atom stereocenters. The molecule has 2 aromatic carbocycles. The number of benzene rings is 2. The molecule has 1 N–H and O–H groups in total. The number of hydrogen-bond donors (Lipinski definition) is 1. The minimum Gasteiger partial charge on any atom is -0.331 e. The Bertz CT molecular complexity index is 1060.